The van der Waals surface area contributed by atoms with E-state index in [1.807, 2.05) is 24.3 Å². The largest absolute Gasteiger partial charge is 0.362 e. The number of hydrogen-bond donors (Lipinski definition) is 1. The lowest BCUT2D eigenvalue weighted by Crippen LogP contribution is -2.60. The van der Waals surface area contributed by atoms with Gasteiger partial charge < -0.3 is 10.2 Å². The molecule has 1 N–H and O–H groups in total. The van der Waals surface area contributed by atoms with Crippen LogP contribution in [0.25, 0.3) is 0 Å². The Morgan fingerprint density at radius 1 is 1.22 bits per heavy atom. The zero-order valence-electron chi connectivity index (χ0n) is 11.1. The summed E-state index contributed by atoms with van der Waals surface area (Å²) in [4.78, 5) is 14.8. The van der Waals surface area contributed by atoms with E-state index < -0.39 is 0 Å². The number of carbonyl (C=O) groups is 1. The van der Waals surface area contributed by atoms with Crippen molar-refractivity contribution in [2.45, 2.75) is 51.2 Å². The third kappa shape index (κ3) is 1.53. The summed E-state index contributed by atoms with van der Waals surface area (Å²) in [5, 5.41) is 3.64. The van der Waals surface area contributed by atoms with E-state index in [1.54, 1.807) is 0 Å². The van der Waals surface area contributed by atoms with Gasteiger partial charge in [-0.3, -0.25) is 4.79 Å². The van der Waals surface area contributed by atoms with Crippen LogP contribution in [0.2, 0.25) is 0 Å². The van der Waals surface area contributed by atoms with Crippen LogP contribution in [0, 0.1) is 0 Å². The average molecular weight is 244 g/mol. The molecule has 0 radical (unpaired) electrons. The second kappa shape index (κ2) is 4.01. The number of benzene rings is 1. The summed E-state index contributed by atoms with van der Waals surface area (Å²) < 4.78 is 0. The van der Waals surface area contributed by atoms with Crippen molar-refractivity contribution in [3.8, 4) is 0 Å². The Balaban J connectivity index is 2.10. The highest BCUT2D eigenvalue weighted by Crippen LogP contribution is 2.42. The first kappa shape index (κ1) is 11.6. The topological polar surface area (TPSA) is 32.3 Å². The zero-order valence-corrected chi connectivity index (χ0v) is 11.1. The smallest absolute Gasteiger partial charge is 0.258 e. The van der Waals surface area contributed by atoms with Crippen LogP contribution < -0.4 is 5.32 Å². The summed E-state index contributed by atoms with van der Waals surface area (Å²) in [6, 6.07) is 8.10. The van der Waals surface area contributed by atoms with Gasteiger partial charge in [-0.05, 0) is 51.7 Å². The van der Waals surface area contributed by atoms with Gasteiger partial charge in [0.2, 0.25) is 0 Å². The van der Waals surface area contributed by atoms with E-state index in [0.29, 0.717) is 0 Å². The molecular weight excluding hydrogens is 224 g/mol. The van der Waals surface area contributed by atoms with E-state index >= 15 is 0 Å². The predicted octanol–water partition coefficient (Wildman–Crippen LogP) is 3.23. The lowest BCUT2D eigenvalue weighted by atomic mass is 9.96. The van der Waals surface area contributed by atoms with Crippen LogP contribution in [0.4, 0.5) is 5.69 Å². The van der Waals surface area contributed by atoms with Crippen LogP contribution in [0.1, 0.15) is 49.9 Å². The molecule has 1 fully saturated rings. The molecule has 96 valence electrons. The van der Waals surface area contributed by atoms with Gasteiger partial charge in [0.1, 0.15) is 5.66 Å². The van der Waals surface area contributed by atoms with Crippen molar-refractivity contribution >= 4 is 11.6 Å². The Morgan fingerprint density at radius 3 is 2.56 bits per heavy atom. The van der Waals surface area contributed by atoms with Crippen molar-refractivity contribution in [3.05, 3.63) is 29.8 Å². The first-order valence-corrected chi connectivity index (χ1v) is 6.85. The molecule has 1 aliphatic carbocycles. The van der Waals surface area contributed by atoms with Crippen molar-refractivity contribution in [1.82, 2.24) is 4.90 Å². The maximum Gasteiger partial charge on any atom is 0.258 e. The number of nitrogens with zero attached hydrogens (tertiary/aromatic N) is 1. The van der Waals surface area contributed by atoms with Crippen LogP contribution in [-0.2, 0) is 0 Å². The van der Waals surface area contributed by atoms with Gasteiger partial charge in [-0.15, -0.1) is 0 Å². The summed E-state index contributed by atoms with van der Waals surface area (Å²) in [7, 11) is 0. The van der Waals surface area contributed by atoms with Crippen molar-refractivity contribution in [2.75, 3.05) is 5.32 Å². The second-order valence-corrected chi connectivity index (χ2v) is 5.68. The Hall–Kier alpha value is -1.51. The lowest BCUT2D eigenvalue weighted by molar-refractivity contribution is 0.0413. The number of rotatable bonds is 1. The Labute approximate surface area is 108 Å². The van der Waals surface area contributed by atoms with Crippen LogP contribution in [-0.4, -0.2) is 22.5 Å². The lowest BCUT2D eigenvalue weighted by Gasteiger charge is -2.48. The highest BCUT2D eigenvalue weighted by Gasteiger charge is 2.47. The van der Waals surface area contributed by atoms with Crippen molar-refractivity contribution in [2.24, 2.45) is 0 Å². The van der Waals surface area contributed by atoms with E-state index in [4.69, 9.17) is 0 Å². The molecule has 1 aromatic rings. The van der Waals surface area contributed by atoms with Crippen molar-refractivity contribution < 1.29 is 4.79 Å². The summed E-state index contributed by atoms with van der Waals surface area (Å²) in [5.41, 5.74) is 1.67. The van der Waals surface area contributed by atoms with Gasteiger partial charge in [0.15, 0.2) is 0 Å². The molecule has 3 nitrogen and oxygen atoms in total. The third-order valence-electron chi connectivity index (χ3n) is 4.15. The van der Waals surface area contributed by atoms with Crippen molar-refractivity contribution in [3.63, 3.8) is 0 Å². The van der Waals surface area contributed by atoms with E-state index in [9.17, 15) is 4.79 Å². The number of fused-ring (bicyclic) bond motifs is 1. The van der Waals surface area contributed by atoms with Gasteiger partial charge in [0.25, 0.3) is 5.91 Å². The summed E-state index contributed by atoms with van der Waals surface area (Å²) in [6.45, 7) is 4.21. The molecule has 1 aromatic carbocycles. The van der Waals surface area contributed by atoms with Gasteiger partial charge in [0, 0.05) is 11.7 Å². The molecule has 1 aliphatic heterocycles. The number of para-hydroxylation sites is 1. The molecule has 3 heteroatoms. The minimum Gasteiger partial charge on any atom is -0.362 e. The quantitative estimate of drug-likeness (QED) is 0.822. The van der Waals surface area contributed by atoms with Gasteiger partial charge in [-0.2, -0.15) is 0 Å². The first-order valence-electron chi connectivity index (χ1n) is 6.85. The summed E-state index contributed by atoms with van der Waals surface area (Å²) in [5.74, 6) is 0.182. The molecule has 1 amide bonds. The molecule has 0 unspecified atom stereocenters. The normalized spacial score (nSPS) is 21.3. The maximum atomic E-state index is 12.7. The molecule has 0 aromatic heterocycles. The fourth-order valence-corrected chi connectivity index (χ4v) is 3.47. The standard InChI is InChI=1S/C15H20N2O/c1-11(2)17-14(18)12-7-3-4-8-13(12)16-15(17)9-5-6-10-15/h3-4,7-8,11,16H,5-6,9-10H2,1-2H3. The molecule has 3 rings (SSSR count). The Bertz CT molecular complexity index is 475. The number of amides is 1. The van der Waals surface area contributed by atoms with E-state index in [2.05, 4.69) is 24.1 Å². The Kier molecular flexibility index (Phi) is 2.58. The van der Waals surface area contributed by atoms with E-state index in [-0.39, 0.29) is 17.6 Å². The average Bonchev–Trinajstić information content (AvgIpc) is 2.77. The molecule has 1 saturated carbocycles. The third-order valence-corrected chi connectivity index (χ3v) is 4.15. The van der Waals surface area contributed by atoms with Gasteiger partial charge in [0.05, 0.1) is 5.56 Å². The predicted molar refractivity (Wildman–Crippen MR) is 72.6 cm³/mol. The van der Waals surface area contributed by atoms with Gasteiger partial charge in [-0.25, -0.2) is 0 Å². The molecule has 1 heterocycles. The number of hydrogen-bond acceptors (Lipinski definition) is 2. The minimum atomic E-state index is -0.139. The highest BCUT2D eigenvalue weighted by atomic mass is 16.2. The number of anilines is 1. The minimum absolute atomic E-state index is 0.139. The van der Waals surface area contributed by atoms with Crippen LogP contribution >= 0.6 is 0 Å². The van der Waals surface area contributed by atoms with E-state index in [0.717, 1.165) is 24.1 Å². The molecule has 0 atom stereocenters. The van der Waals surface area contributed by atoms with Gasteiger partial charge in [-0.1, -0.05) is 12.1 Å². The molecule has 18 heavy (non-hydrogen) atoms. The second-order valence-electron chi connectivity index (χ2n) is 5.68. The molecule has 1 spiro atoms. The van der Waals surface area contributed by atoms with Crippen LogP contribution in [0.5, 0.6) is 0 Å². The molecular formula is C15H20N2O. The molecule has 0 bridgehead atoms. The number of carbonyl (C=O) groups excluding carboxylic acids is 1. The van der Waals surface area contributed by atoms with Crippen LogP contribution in [0.15, 0.2) is 24.3 Å². The van der Waals surface area contributed by atoms with Crippen LogP contribution in [0.3, 0.4) is 0 Å². The fourth-order valence-electron chi connectivity index (χ4n) is 3.47. The monoisotopic (exact) mass is 244 g/mol. The van der Waals surface area contributed by atoms with Gasteiger partial charge >= 0.3 is 0 Å². The Morgan fingerprint density at radius 2 is 1.89 bits per heavy atom. The zero-order chi connectivity index (χ0) is 12.8. The summed E-state index contributed by atoms with van der Waals surface area (Å²) >= 11 is 0. The number of nitrogens with one attached hydrogen (secondary N) is 1. The molecule has 0 saturated heterocycles. The van der Waals surface area contributed by atoms with Crippen molar-refractivity contribution in [1.29, 1.82) is 0 Å². The SMILES string of the molecule is CC(C)N1C(=O)c2ccccc2NC12CCCC2. The first-order chi connectivity index (χ1) is 8.64. The summed E-state index contributed by atoms with van der Waals surface area (Å²) in [6.07, 6.45) is 4.52. The highest BCUT2D eigenvalue weighted by molar-refractivity contribution is 6.02. The molecule has 2 aliphatic rings. The fraction of sp³-hybridized carbons (Fsp3) is 0.533. The maximum absolute atomic E-state index is 12.7. The van der Waals surface area contributed by atoms with E-state index in [1.165, 1.54) is 12.8 Å².